The Hall–Kier alpha value is -2.01. The molecule has 0 unspecified atom stereocenters. The smallest absolute Gasteiger partial charge is 0.256 e. The molecule has 0 aliphatic rings. The summed E-state index contributed by atoms with van der Waals surface area (Å²) in [5.74, 6) is -0.118. The average molecular weight is 335 g/mol. The van der Waals surface area contributed by atoms with Crippen LogP contribution in [0.2, 0.25) is 0 Å². The maximum Gasteiger partial charge on any atom is 0.256 e. The van der Waals surface area contributed by atoms with Gasteiger partial charge in [0.25, 0.3) is 5.91 Å². The van der Waals surface area contributed by atoms with Crippen molar-refractivity contribution in [3.63, 3.8) is 0 Å². The summed E-state index contributed by atoms with van der Waals surface area (Å²) in [4.78, 5) is 12.3. The zero-order valence-corrected chi connectivity index (χ0v) is 12.8. The first-order chi connectivity index (χ1) is 9.38. The summed E-state index contributed by atoms with van der Waals surface area (Å²) < 4.78 is 0.748. The Bertz CT molecular complexity index is 684. The highest BCUT2D eigenvalue weighted by atomic mass is 79.9. The number of carbonyl (C=O) groups excluding carboxylic acids is 1. The number of rotatable bonds is 2. The number of hydrogen-bond acceptors (Lipinski definition) is 3. The molecule has 2 aromatic carbocycles. The van der Waals surface area contributed by atoms with E-state index >= 15 is 0 Å². The minimum Gasteiger partial charge on any atom is -0.508 e. The normalized spacial score (nSPS) is 10.3. The molecule has 0 saturated heterocycles. The van der Waals surface area contributed by atoms with Crippen LogP contribution in [0, 0.1) is 13.8 Å². The summed E-state index contributed by atoms with van der Waals surface area (Å²) in [6, 6.07) is 8.47. The summed E-state index contributed by atoms with van der Waals surface area (Å²) in [5.41, 5.74) is 8.91. The fraction of sp³-hybridized carbons (Fsp3) is 0.133. The highest BCUT2D eigenvalue weighted by Gasteiger charge is 2.13. The number of nitrogens with two attached hydrogens (primary N) is 1. The summed E-state index contributed by atoms with van der Waals surface area (Å²) in [7, 11) is 0. The minimum atomic E-state index is -0.265. The number of nitrogen functional groups attached to an aromatic ring is 1. The van der Waals surface area contributed by atoms with Crippen LogP contribution in [0.15, 0.2) is 34.8 Å². The van der Waals surface area contributed by atoms with Crippen molar-refractivity contribution in [2.75, 3.05) is 11.1 Å². The molecule has 0 saturated carbocycles. The number of amides is 1. The number of hydrogen-bond donors (Lipinski definition) is 3. The molecule has 5 heteroatoms. The summed E-state index contributed by atoms with van der Waals surface area (Å²) in [6.07, 6.45) is 0. The van der Waals surface area contributed by atoms with Gasteiger partial charge in [-0.25, -0.2) is 0 Å². The zero-order chi connectivity index (χ0) is 14.9. The molecule has 0 radical (unpaired) electrons. The van der Waals surface area contributed by atoms with E-state index in [4.69, 9.17) is 5.73 Å². The fourth-order valence-corrected chi connectivity index (χ4v) is 2.30. The molecule has 0 aliphatic carbocycles. The van der Waals surface area contributed by atoms with Crippen LogP contribution in [0.3, 0.4) is 0 Å². The third kappa shape index (κ3) is 2.93. The van der Waals surface area contributed by atoms with Crippen molar-refractivity contribution in [2.24, 2.45) is 0 Å². The second kappa shape index (κ2) is 5.54. The molecular formula is C15H15BrN2O2. The molecule has 0 spiro atoms. The van der Waals surface area contributed by atoms with Crippen molar-refractivity contribution < 1.29 is 9.90 Å². The second-order valence-corrected chi connectivity index (χ2v) is 5.54. The van der Waals surface area contributed by atoms with Gasteiger partial charge in [-0.2, -0.15) is 0 Å². The predicted molar refractivity (Wildman–Crippen MR) is 84.1 cm³/mol. The topological polar surface area (TPSA) is 75.4 Å². The van der Waals surface area contributed by atoms with E-state index in [1.165, 1.54) is 6.07 Å². The van der Waals surface area contributed by atoms with Crippen molar-refractivity contribution in [1.82, 2.24) is 0 Å². The molecule has 0 heterocycles. The molecule has 4 nitrogen and oxygen atoms in total. The van der Waals surface area contributed by atoms with Gasteiger partial charge in [-0.1, -0.05) is 22.0 Å². The Balaban J connectivity index is 2.30. The first-order valence-corrected chi connectivity index (χ1v) is 6.84. The van der Waals surface area contributed by atoms with E-state index in [1.54, 1.807) is 38.1 Å². The molecular weight excluding hydrogens is 320 g/mol. The molecule has 0 aliphatic heterocycles. The van der Waals surface area contributed by atoms with E-state index in [0.717, 1.165) is 15.6 Å². The Kier molecular flexibility index (Phi) is 3.99. The van der Waals surface area contributed by atoms with Gasteiger partial charge in [0, 0.05) is 27.5 Å². The lowest BCUT2D eigenvalue weighted by molar-refractivity contribution is 0.102. The van der Waals surface area contributed by atoms with Gasteiger partial charge >= 0.3 is 0 Å². The van der Waals surface area contributed by atoms with Gasteiger partial charge in [0.1, 0.15) is 5.75 Å². The highest BCUT2D eigenvalue weighted by molar-refractivity contribution is 9.10. The van der Waals surface area contributed by atoms with Gasteiger partial charge in [0.15, 0.2) is 0 Å². The summed E-state index contributed by atoms with van der Waals surface area (Å²) in [5, 5.41) is 12.4. The number of carbonyl (C=O) groups is 1. The van der Waals surface area contributed by atoms with E-state index in [0.29, 0.717) is 16.9 Å². The van der Waals surface area contributed by atoms with E-state index < -0.39 is 0 Å². The number of phenols is 1. The molecule has 2 rings (SSSR count). The fourth-order valence-electron chi connectivity index (χ4n) is 1.82. The lowest BCUT2D eigenvalue weighted by Gasteiger charge is -2.11. The maximum absolute atomic E-state index is 12.3. The first kappa shape index (κ1) is 14.4. The minimum absolute atomic E-state index is 0.147. The molecule has 0 atom stereocenters. The monoisotopic (exact) mass is 334 g/mol. The number of phenolic OH excluding ortho intramolecular Hbond substituents is 1. The standard InChI is InChI=1S/C15H15BrN2O2/c1-8-3-4-11(7-14(8)19)18-15(20)12-5-10(16)6-13(17)9(12)2/h3-7,19H,17H2,1-2H3,(H,18,20). The quantitative estimate of drug-likeness (QED) is 0.734. The number of benzene rings is 2. The van der Waals surface area contributed by atoms with Crippen molar-refractivity contribution in [3.05, 3.63) is 51.5 Å². The molecule has 1 amide bonds. The Labute approximate surface area is 125 Å². The summed E-state index contributed by atoms with van der Waals surface area (Å²) in [6.45, 7) is 3.59. The van der Waals surface area contributed by atoms with E-state index in [2.05, 4.69) is 21.2 Å². The number of aromatic hydroxyl groups is 1. The molecule has 2 aromatic rings. The molecule has 0 fully saturated rings. The van der Waals surface area contributed by atoms with E-state index in [1.807, 2.05) is 0 Å². The molecule has 0 aromatic heterocycles. The predicted octanol–water partition coefficient (Wildman–Crippen LogP) is 3.61. The lowest BCUT2D eigenvalue weighted by atomic mass is 10.1. The lowest BCUT2D eigenvalue weighted by Crippen LogP contribution is -2.14. The Morgan fingerprint density at radius 3 is 2.60 bits per heavy atom. The van der Waals surface area contributed by atoms with Crippen LogP contribution in [0.25, 0.3) is 0 Å². The van der Waals surface area contributed by atoms with Crippen LogP contribution in [-0.4, -0.2) is 11.0 Å². The number of aryl methyl sites for hydroxylation is 1. The molecule has 0 bridgehead atoms. The van der Waals surface area contributed by atoms with Gasteiger partial charge in [-0.15, -0.1) is 0 Å². The van der Waals surface area contributed by atoms with E-state index in [9.17, 15) is 9.90 Å². The SMILES string of the molecule is Cc1ccc(NC(=O)c2cc(Br)cc(N)c2C)cc1O. The van der Waals surface area contributed by atoms with Gasteiger partial charge in [0.2, 0.25) is 0 Å². The van der Waals surface area contributed by atoms with Gasteiger partial charge in [-0.3, -0.25) is 4.79 Å². The van der Waals surface area contributed by atoms with Gasteiger partial charge in [0.05, 0.1) is 0 Å². The third-order valence-corrected chi connectivity index (χ3v) is 3.58. The van der Waals surface area contributed by atoms with Crippen LogP contribution in [0.1, 0.15) is 21.5 Å². The first-order valence-electron chi connectivity index (χ1n) is 6.05. The van der Waals surface area contributed by atoms with Crippen LogP contribution in [-0.2, 0) is 0 Å². The zero-order valence-electron chi connectivity index (χ0n) is 11.2. The Morgan fingerprint density at radius 2 is 1.95 bits per heavy atom. The van der Waals surface area contributed by atoms with Gasteiger partial charge < -0.3 is 16.2 Å². The van der Waals surface area contributed by atoms with Crippen LogP contribution < -0.4 is 11.1 Å². The maximum atomic E-state index is 12.3. The average Bonchev–Trinajstić information content (AvgIpc) is 2.38. The largest absolute Gasteiger partial charge is 0.508 e. The third-order valence-electron chi connectivity index (χ3n) is 3.12. The van der Waals surface area contributed by atoms with Gasteiger partial charge in [-0.05, 0) is 43.2 Å². The second-order valence-electron chi connectivity index (χ2n) is 4.62. The van der Waals surface area contributed by atoms with Crippen LogP contribution in [0.5, 0.6) is 5.75 Å². The van der Waals surface area contributed by atoms with Crippen molar-refractivity contribution >= 4 is 33.2 Å². The molecule has 20 heavy (non-hydrogen) atoms. The van der Waals surface area contributed by atoms with Crippen LogP contribution >= 0.6 is 15.9 Å². The van der Waals surface area contributed by atoms with Crippen molar-refractivity contribution in [1.29, 1.82) is 0 Å². The Morgan fingerprint density at radius 1 is 1.25 bits per heavy atom. The molecule has 104 valence electrons. The highest BCUT2D eigenvalue weighted by Crippen LogP contribution is 2.25. The van der Waals surface area contributed by atoms with Crippen molar-refractivity contribution in [2.45, 2.75) is 13.8 Å². The number of halogens is 1. The summed E-state index contributed by atoms with van der Waals surface area (Å²) >= 11 is 3.32. The van der Waals surface area contributed by atoms with Crippen molar-refractivity contribution in [3.8, 4) is 5.75 Å². The molecule has 4 N–H and O–H groups in total. The van der Waals surface area contributed by atoms with Crippen LogP contribution in [0.4, 0.5) is 11.4 Å². The number of anilines is 2. The van der Waals surface area contributed by atoms with E-state index in [-0.39, 0.29) is 11.7 Å². The number of nitrogens with one attached hydrogen (secondary N) is 1.